The predicted octanol–water partition coefficient (Wildman–Crippen LogP) is 3.21. The molecule has 1 aliphatic rings. The van der Waals surface area contributed by atoms with E-state index >= 15 is 0 Å². The van der Waals surface area contributed by atoms with Crippen molar-refractivity contribution in [2.45, 2.75) is 44.6 Å². The van der Waals surface area contributed by atoms with E-state index in [1.807, 2.05) is 18.2 Å². The van der Waals surface area contributed by atoms with E-state index in [1.165, 1.54) is 12.8 Å². The first-order valence-electron chi connectivity index (χ1n) is 9.67. The van der Waals surface area contributed by atoms with Gasteiger partial charge in [-0.15, -0.1) is 0 Å². The zero-order chi connectivity index (χ0) is 19.5. The zero-order valence-electron chi connectivity index (χ0n) is 16.3. The second-order valence-corrected chi connectivity index (χ2v) is 7.23. The summed E-state index contributed by atoms with van der Waals surface area (Å²) in [6, 6.07) is 8.37. The van der Waals surface area contributed by atoms with Crippen molar-refractivity contribution < 1.29 is 9.53 Å². The second kappa shape index (κ2) is 11.7. The Hall–Kier alpha value is -1.95. The number of aliphatic imine (C=N–C) groups is 1. The van der Waals surface area contributed by atoms with E-state index in [9.17, 15) is 4.79 Å². The number of anilines is 1. The number of ether oxygens (including phenoxy) is 1. The first kappa shape index (κ1) is 21.4. The molecule has 0 aliphatic carbocycles. The Balaban J connectivity index is 1.62. The van der Waals surface area contributed by atoms with Crippen molar-refractivity contribution in [3.05, 3.63) is 29.3 Å². The Morgan fingerprint density at radius 2 is 2.15 bits per heavy atom. The van der Waals surface area contributed by atoms with Crippen LogP contribution in [0.2, 0.25) is 5.02 Å². The van der Waals surface area contributed by atoms with E-state index < -0.39 is 0 Å². The van der Waals surface area contributed by atoms with Gasteiger partial charge in [0.25, 0.3) is 0 Å². The number of methoxy groups -OCH3 is 1. The summed E-state index contributed by atoms with van der Waals surface area (Å²) in [6.45, 7) is 2.83. The van der Waals surface area contributed by atoms with Gasteiger partial charge in [-0.1, -0.05) is 30.5 Å². The van der Waals surface area contributed by atoms with E-state index in [1.54, 1.807) is 7.05 Å². The molecule has 1 heterocycles. The standard InChI is InChI=1S/C20H31ClN4O2/c1-22-20(23-12-6-4-3-5-10-19(26)27-2)24-17-11-13-25(15-17)18-9-7-8-16(21)14-18/h7-9,14,17H,3-6,10-13,15H2,1-2H3,(H2,22,23,24). The smallest absolute Gasteiger partial charge is 0.305 e. The van der Waals surface area contributed by atoms with Gasteiger partial charge in [-0.25, -0.2) is 0 Å². The van der Waals surface area contributed by atoms with E-state index in [0.29, 0.717) is 12.5 Å². The van der Waals surface area contributed by atoms with Crippen LogP contribution in [0.1, 0.15) is 38.5 Å². The van der Waals surface area contributed by atoms with Gasteiger partial charge in [0, 0.05) is 49.9 Å². The lowest BCUT2D eigenvalue weighted by atomic mass is 10.1. The number of halogens is 1. The molecule has 2 N–H and O–H groups in total. The van der Waals surface area contributed by atoms with E-state index in [0.717, 1.165) is 62.7 Å². The summed E-state index contributed by atoms with van der Waals surface area (Å²) in [4.78, 5) is 17.7. The normalized spacial score (nSPS) is 17.1. The molecular formula is C20H31ClN4O2. The van der Waals surface area contributed by atoms with Crippen LogP contribution in [0.3, 0.4) is 0 Å². The highest BCUT2D eigenvalue weighted by atomic mass is 35.5. The first-order chi connectivity index (χ1) is 13.1. The molecule has 2 rings (SSSR count). The molecule has 6 nitrogen and oxygen atoms in total. The molecule has 0 radical (unpaired) electrons. The molecular weight excluding hydrogens is 364 g/mol. The molecule has 27 heavy (non-hydrogen) atoms. The third-order valence-electron chi connectivity index (χ3n) is 4.75. The molecule has 0 amide bonds. The Morgan fingerprint density at radius 3 is 2.89 bits per heavy atom. The van der Waals surface area contributed by atoms with Crippen LogP contribution >= 0.6 is 11.6 Å². The summed E-state index contributed by atoms with van der Waals surface area (Å²) < 4.78 is 4.64. The third-order valence-corrected chi connectivity index (χ3v) is 4.99. The van der Waals surface area contributed by atoms with Gasteiger partial charge in [0.1, 0.15) is 0 Å². The summed E-state index contributed by atoms with van der Waals surface area (Å²) in [5.41, 5.74) is 1.17. The number of rotatable bonds is 9. The lowest BCUT2D eigenvalue weighted by Gasteiger charge is -2.20. The molecule has 0 aromatic heterocycles. The molecule has 1 aliphatic heterocycles. The van der Waals surface area contributed by atoms with Crippen LogP contribution in [0.15, 0.2) is 29.3 Å². The molecule has 1 aromatic rings. The summed E-state index contributed by atoms with van der Waals surface area (Å²) in [5.74, 6) is 0.726. The first-order valence-corrected chi connectivity index (χ1v) is 10.0. The summed E-state index contributed by atoms with van der Waals surface area (Å²) in [6.07, 6.45) is 5.66. The maximum Gasteiger partial charge on any atom is 0.305 e. The molecule has 1 atom stereocenters. The monoisotopic (exact) mass is 394 g/mol. The average Bonchev–Trinajstić information content (AvgIpc) is 3.14. The van der Waals surface area contributed by atoms with Gasteiger partial charge in [0.15, 0.2) is 5.96 Å². The number of unbranched alkanes of at least 4 members (excludes halogenated alkanes) is 3. The topological polar surface area (TPSA) is 66.0 Å². The number of benzene rings is 1. The van der Waals surface area contributed by atoms with Gasteiger partial charge in [-0.3, -0.25) is 9.79 Å². The number of hydrogen-bond acceptors (Lipinski definition) is 4. The van der Waals surface area contributed by atoms with E-state index in [-0.39, 0.29) is 5.97 Å². The van der Waals surface area contributed by atoms with E-state index in [4.69, 9.17) is 11.6 Å². The van der Waals surface area contributed by atoms with Gasteiger partial charge in [-0.2, -0.15) is 0 Å². The molecule has 7 heteroatoms. The molecule has 1 aromatic carbocycles. The van der Waals surface area contributed by atoms with Crippen molar-refractivity contribution in [3.8, 4) is 0 Å². The minimum Gasteiger partial charge on any atom is -0.469 e. The number of carbonyl (C=O) groups excluding carboxylic acids is 1. The van der Waals surface area contributed by atoms with Crippen molar-refractivity contribution in [1.29, 1.82) is 0 Å². The SMILES string of the molecule is CN=C(NCCCCCCC(=O)OC)NC1CCN(c2cccc(Cl)c2)C1. The molecule has 150 valence electrons. The number of esters is 1. The lowest BCUT2D eigenvalue weighted by Crippen LogP contribution is -2.44. The van der Waals surface area contributed by atoms with Crippen molar-refractivity contribution in [2.24, 2.45) is 4.99 Å². The molecule has 0 saturated carbocycles. The maximum absolute atomic E-state index is 11.1. The fourth-order valence-corrected chi connectivity index (χ4v) is 3.41. The number of carbonyl (C=O) groups is 1. The van der Waals surface area contributed by atoms with Crippen LogP contribution in [0.4, 0.5) is 5.69 Å². The van der Waals surface area contributed by atoms with Crippen LogP contribution < -0.4 is 15.5 Å². The van der Waals surface area contributed by atoms with Gasteiger partial charge in [0.05, 0.1) is 7.11 Å². The fourth-order valence-electron chi connectivity index (χ4n) is 3.23. The number of nitrogens with one attached hydrogen (secondary N) is 2. The van der Waals surface area contributed by atoms with Crippen molar-refractivity contribution >= 4 is 29.2 Å². The van der Waals surface area contributed by atoms with Gasteiger partial charge in [0.2, 0.25) is 0 Å². The van der Waals surface area contributed by atoms with Crippen LogP contribution in [-0.2, 0) is 9.53 Å². The molecule has 1 unspecified atom stereocenters. The molecule has 0 bridgehead atoms. The summed E-state index contributed by atoms with van der Waals surface area (Å²) in [5, 5.41) is 7.66. The highest BCUT2D eigenvalue weighted by Crippen LogP contribution is 2.23. The van der Waals surface area contributed by atoms with E-state index in [2.05, 4.69) is 31.3 Å². The fraction of sp³-hybridized carbons (Fsp3) is 0.600. The number of hydrogen-bond donors (Lipinski definition) is 2. The van der Waals surface area contributed by atoms with Gasteiger partial charge >= 0.3 is 5.97 Å². The minimum atomic E-state index is -0.124. The van der Waals surface area contributed by atoms with Gasteiger partial charge < -0.3 is 20.3 Å². The van der Waals surface area contributed by atoms with Crippen LogP contribution in [-0.4, -0.2) is 51.8 Å². The molecule has 0 spiro atoms. The second-order valence-electron chi connectivity index (χ2n) is 6.80. The van der Waals surface area contributed by atoms with Crippen molar-refractivity contribution in [2.75, 3.05) is 38.7 Å². The van der Waals surface area contributed by atoms with Crippen LogP contribution in [0, 0.1) is 0 Å². The largest absolute Gasteiger partial charge is 0.469 e. The number of nitrogens with zero attached hydrogens (tertiary/aromatic N) is 2. The Labute approximate surface area is 167 Å². The van der Waals surface area contributed by atoms with Crippen LogP contribution in [0.25, 0.3) is 0 Å². The maximum atomic E-state index is 11.1. The van der Waals surface area contributed by atoms with Gasteiger partial charge in [-0.05, 0) is 37.5 Å². The highest BCUT2D eigenvalue weighted by Gasteiger charge is 2.23. The Kier molecular flexibility index (Phi) is 9.25. The lowest BCUT2D eigenvalue weighted by molar-refractivity contribution is -0.140. The zero-order valence-corrected chi connectivity index (χ0v) is 17.1. The van der Waals surface area contributed by atoms with Crippen molar-refractivity contribution in [3.63, 3.8) is 0 Å². The molecule has 1 saturated heterocycles. The summed E-state index contributed by atoms with van der Waals surface area (Å²) >= 11 is 6.10. The average molecular weight is 395 g/mol. The predicted molar refractivity (Wildman–Crippen MR) is 112 cm³/mol. The van der Waals surface area contributed by atoms with Crippen LogP contribution in [0.5, 0.6) is 0 Å². The third kappa shape index (κ3) is 7.67. The minimum absolute atomic E-state index is 0.124. The van der Waals surface area contributed by atoms with Crippen molar-refractivity contribution in [1.82, 2.24) is 10.6 Å². The summed E-state index contributed by atoms with van der Waals surface area (Å²) in [7, 11) is 3.23. The number of guanidine groups is 1. The highest BCUT2D eigenvalue weighted by molar-refractivity contribution is 6.30. The molecule has 1 fully saturated rings. The Morgan fingerprint density at radius 1 is 1.33 bits per heavy atom. The quantitative estimate of drug-likeness (QED) is 0.291. The Bertz CT molecular complexity index is 624.